The van der Waals surface area contributed by atoms with Crippen molar-refractivity contribution in [3.8, 4) is 0 Å². The summed E-state index contributed by atoms with van der Waals surface area (Å²) in [5.74, 6) is -0.539. The number of fused-ring (bicyclic) bond motifs is 1. The predicted molar refractivity (Wildman–Crippen MR) is 85.6 cm³/mol. The van der Waals surface area contributed by atoms with E-state index >= 15 is 0 Å². The fraction of sp³-hybridized carbons (Fsp3) is 0.529. The second-order valence-electron chi connectivity index (χ2n) is 6.30. The van der Waals surface area contributed by atoms with Crippen LogP contribution in [0.4, 0.5) is 10.5 Å². The number of hydrogen-bond donors (Lipinski definition) is 1. The number of likely N-dealkylation sites (N-methyl/N-ethyl adjacent to an activating group) is 1. The molecule has 0 spiro atoms. The first-order valence-corrected chi connectivity index (χ1v) is 7.92. The number of likely N-dealkylation sites (tertiary alicyclic amines) is 1. The summed E-state index contributed by atoms with van der Waals surface area (Å²) >= 11 is 0. The molecule has 3 unspecified atom stereocenters. The first kappa shape index (κ1) is 15.8. The van der Waals surface area contributed by atoms with Crippen LogP contribution in [0, 0.1) is 5.92 Å². The Balaban J connectivity index is 1.98. The third-order valence-corrected chi connectivity index (χ3v) is 5.06. The molecule has 2 aliphatic heterocycles. The summed E-state index contributed by atoms with van der Waals surface area (Å²) in [7, 11) is 3.36. The van der Waals surface area contributed by atoms with E-state index in [1.807, 2.05) is 31.3 Å². The molecule has 3 atom stereocenters. The third kappa shape index (κ3) is 2.67. The number of para-hydroxylation sites is 1. The number of piperidine rings is 1. The van der Waals surface area contributed by atoms with Crippen molar-refractivity contribution in [1.29, 1.82) is 0 Å². The van der Waals surface area contributed by atoms with Crippen molar-refractivity contribution in [2.75, 3.05) is 25.6 Å². The number of anilines is 1. The molecular weight excluding hydrogens is 296 g/mol. The van der Waals surface area contributed by atoms with E-state index < -0.39 is 6.09 Å². The molecule has 1 aromatic rings. The van der Waals surface area contributed by atoms with Gasteiger partial charge in [0, 0.05) is 6.04 Å². The summed E-state index contributed by atoms with van der Waals surface area (Å²) in [6.45, 7) is 0.860. The van der Waals surface area contributed by atoms with Gasteiger partial charge in [-0.3, -0.25) is 9.69 Å². The van der Waals surface area contributed by atoms with E-state index in [1.165, 1.54) is 12.0 Å². The lowest BCUT2D eigenvalue weighted by Gasteiger charge is -2.43. The second-order valence-corrected chi connectivity index (χ2v) is 6.30. The van der Waals surface area contributed by atoms with Gasteiger partial charge in [0.25, 0.3) is 0 Å². The predicted octanol–water partition coefficient (Wildman–Crippen LogP) is 1.98. The minimum absolute atomic E-state index is 0.167. The van der Waals surface area contributed by atoms with Crippen LogP contribution in [0.15, 0.2) is 24.3 Å². The zero-order valence-electron chi connectivity index (χ0n) is 13.4. The minimum atomic E-state index is -0.970. The molecule has 2 aliphatic rings. The number of carbonyl (C=O) groups excluding carboxylic acids is 1. The van der Waals surface area contributed by atoms with E-state index in [0.717, 1.165) is 30.6 Å². The Morgan fingerprint density at radius 2 is 2.04 bits per heavy atom. The Morgan fingerprint density at radius 3 is 2.74 bits per heavy atom. The highest BCUT2D eigenvalue weighted by molar-refractivity contribution is 5.90. The standard InChI is InChI=1S/C17H22N2O4/c1-18-9-5-7-12(16(20)23-2)15(18)14-10-11-6-3-4-8-13(11)19(14)17(21)22/h3-4,6,8,12,14-15H,5,7,9-10H2,1-2H3,(H,21,22). The highest BCUT2D eigenvalue weighted by Crippen LogP contribution is 2.38. The molecule has 1 saturated heterocycles. The van der Waals surface area contributed by atoms with E-state index in [0.29, 0.717) is 6.42 Å². The van der Waals surface area contributed by atoms with E-state index in [9.17, 15) is 14.7 Å². The van der Waals surface area contributed by atoms with Gasteiger partial charge in [0.15, 0.2) is 0 Å². The number of methoxy groups -OCH3 is 1. The first-order chi connectivity index (χ1) is 11.0. The molecule has 3 rings (SSSR count). The molecule has 0 aromatic heterocycles. The van der Waals surface area contributed by atoms with Crippen molar-refractivity contribution >= 4 is 17.7 Å². The van der Waals surface area contributed by atoms with E-state index in [2.05, 4.69) is 4.90 Å². The van der Waals surface area contributed by atoms with Gasteiger partial charge in [-0.05, 0) is 44.5 Å². The molecule has 2 heterocycles. The Bertz CT molecular complexity index is 618. The fourth-order valence-electron chi connectivity index (χ4n) is 4.09. The number of amides is 1. The van der Waals surface area contributed by atoms with Crippen LogP contribution < -0.4 is 4.90 Å². The topological polar surface area (TPSA) is 70.1 Å². The molecule has 0 radical (unpaired) electrons. The Hall–Kier alpha value is -2.08. The fourth-order valence-corrected chi connectivity index (χ4v) is 4.09. The third-order valence-electron chi connectivity index (χ3n) is 5.06. The number of carbonyl (C=O) groups is 2. The summed E-state index contributed by atoms with van der Waals surface area (Å²) in [6, 6.07) is 7.13. The minimum Gasteiger partial charge on any atom is -0.469 e. The quantitative estimate of drug-likeness (QED) is 0.844. The maximum Gasteiger partial charge on any atom is 0.412 e. The molecule has 0 bridgehead atoms. The lowest BCUT2D eigenvalue weighted by atomic mass is 9.83. The first-order valence-electron chi connectivity index (χ1n) is 7.92. The molecule has 1 fully saturated rings. The van der Waals surface area contributed by atoms with Crippen LogP contribution in [-0.2, 0) is 16.0 Å². The zero-order chi connectivity index (χ0) is 16.6. The van der Waals surface area contributed by atoms with E-state index in [1.54, 1.807) is 0 Å². The molecule has 1 aromatic carbocycles. The lowest BCUT2D eigenvalue weighted by molar-refractivity contribution is -0.150. The van der Waals surface area contributed by atoms with Crippen molar-refractivity contribution in [2.45, 2.75) is 31.3 Å². The van der Waals surface area contributed by atoms with Crippen molar-refractivity contribution in [3.05, 3.63) is 29.8 Å². The number of benzene rings is 1. The van der Waals surface area contributed by atoms with Gasteiger partial charge in [-0.15, -0.1) is 0 Å². The number of esters is 1. The monoisotopic (exact) mass is 318 g/mol. The van der Waals surface area contributed by atoms with Gasteiger partial charge in [-0.25, -0.2) is 4.79 Å². The number of rotatable bonds is 2. The van der Waals surface area contributed by atoms with Crippen LogP contribution in [-0.4, -0.2) is 54.9 Å². The van der Waals surface area contributed by atoms with Gasteiger partial charge in [-0.2, -0.15) is 0 Å². The number of ether oxygens (including phenoxy) is 1. The van der Waals surface area contributed by atoms with Crippen molar-refractivity contribution in [2.24, 2.45) is 5.92 Å². The summed E-state index contributed by atoms with van der Waals surface area (Å²) in [5, 5.41) is 9.72. The summed E-state index contributed by atoms with van der Waals surface area (Å²) in [4.78, 5) is 27.6. The molecular formula is C17H22N2O4. The highest BCUT2D eigenvalue weighted by Gasteiger charge is 2.47. The maximum atomic E-state index is 12.2. The Morgan fingerprint density at radius 1 is 1.30 bits per heavy atom. The van der Waals surface area contributed by atoms with Gasteiger partial charge >= 0.3 is 12.1 Å². The summed E-state index contributed by atoms with van der Waals surface area (Å²) in [5.41, 5.74) is 1.75. The Labute approximate surface area is 135 Å². The van der Waals surface area contributed by atoms with Crippen LogP contribution >= 0.6 is 0 Å². The van der Waals surface area contributed by atoms with Gasteiger partial charge in [0.1, 0.15) is 0 Å². The van der Waals surface area contributed by atoms with E-state index in [-0.39, 0.29) is 24.0 Å². The zero-order valence-corrected chi connectivity index (χ0v) is 13.4. The number of nitrogens with zero attached hydrogens (tertiary/aromatic N) is 2. The largest absolute Gasteiger partial charge is 0.469 e. The molecule has 0 aliphatic carbocycles. The van der Waals surface area contributed by atoms with Crippen molar-refractivity contribution < 1.29 is 19.4 Å². The molecule has 6 nitrogen and oxygen atoms in total. The van der Waals surface area contributed by atoms with Crippen LogP contribution in [0.25, 0.3) is 0 Å². The molecule has 0 saturated carbocycles. The maximum absolute atomic E-state index is 12.2. The number of carboxylic acid groups (broad SMARTS) is 1. The van der Waals surface area contributed by atoms with Crippen LogP contribution in [0.5, 0.6) is 0 Å². The molecule has 1 amide bonds. The van der Waals surface area contributed by atoms with Crippen molar-refractivity contribution in [3.63, 3.8) is 0 Å². The average Bonchev–Trinajstić information content (AvgIpc) is 2.92. The smallest absolute Gasteiger partial charge is 0.412 e. The molecule has 1 N–H and O–H groups in total. The summed E-state index contributed by atoms with van der Waals surface area (Å²) < 4.78 is 4.97. The number of hydrogen-bond acceptors (Lipinski definition) is 4. The van der Waals surface area contributed by atoms with Gasteiger partial charge in [-0.1, -0.05) is 18.2 Å². The lowest BCUT2D eigenvalue weighted by Crippen LogP contribution is -2.58. The SMILES string of the molecule is COC(=O)C1CCCN(C)C1C1Cc2ccccc2N1C(=O)O. The summed E-state index contributed by atoms with van der Waals surface area (Å²) in [6.07, 6.45) is 1.31. The van der Waals surface area contributed by atoms with Gasteiger partial charge in [0.2, 0.25) is 0 Å². The average molecular weight is 318 g/mol. The van der Waals surface area contributed by atoms with Gasteiger partial charge in [0.05, 0.1) is 24.8 Å². The highest BCUT2D eigenvalue weighted by atomic mass is 16.5. The van der Waals surface area contributed by atoms with Crippen LogP contribution in [0.1, 0.15) is 18.4 Å². The van der Waals surface area contributed by atoms with Crippen molar-refractivity contribution in [1.82, 2.24) is 4.90 Å². The second kappa shape index (κ2) is 6.20. The Kier molecular flexibility index (Phi) is 4.26. The molecule has 124 valence electrons. The van der Waals surface area contributed by atoms with Gasteiger partial charge < -0.3 is 14.7 Å². The molecule has 6 heteroatoms. The van der Waals surface area contributed by atoms with Crippen LogP contribution in [0.2, 0.25) is 0 Å². The normalized spacial score (nSPS) is 27.6. The van der Waals surface area contributed by atoms with E-state index in [4.69, 9.17) is 4.74 Å². The molecule has 23 heavy (non-hydrogen) atoms. The van der Waals surface area contributed by atoms with Crippen LogP contribution in [0.3, 0.4) is 0 Å².